The van der Waals surface area contributed by atoms with Gasteiger partial charge in [-0.15, -0.1) is 0 Å². The summed E-state index contributed by atoms with van der Waals surface area (Å²) in [7, 11) is 0. The molecule has 10 heteroatoms. The van der Waals surface area contributed by atoms with Gasteiger partial charge < -0.3 is 25.5 Å². The van der Waals surface area contributed by atoms with Crippen LogP contribution >= 0.6 is 0 Å². The third-order valence-electron chi connectivity index (χ3n) is 27.5. The lowest BCUT2D eigenvalue weighted by Gasteiger charge is -2.59. The van der Waals surface area contributed by atoms with Crippen molar-refractivity contribution in [1.29, 1.82) is 0 Å². The van der Waals surface area contributed by atoms with Crippen molar-refractivity contribution < 1.29 is 49.5 Å². The van der Waals surface area contributed by atoms with Crippen LogP contribution in [-0.4, -0.2) is 55.4 Å². The van der Waals surface area contributed by atoms with E-state index in [1.807, 2.05) is 0 Å². The van der Waals surface area contributed by atoms with Crippen molar-refractivity contribution in [1.82, 2.24) is 0 Å². The second kappa shape index (κ2) is 7.68. The fourth-order valence-corrected chi connectivity index (χ4v) is 28.0. The van der Waals surface area contributed by atoms with Crippen LogP contribution in [0.4, 0.5) is 0 Å². The topological polar surface area (TPSA) is 186 Å². The number of hydrogen-bond acceptors (Lipinski definition) is 5. The van der Waals surface area contributed by atoms with E-state index in [-0.39, 0.29) is 19.3 Å². The van der Waals surface area contributed by atoms with E-state index in [1.54, 1.807) is 0 Å². The van der Waals surface area contributed by atoms with E-state index in [0.717, 1.165) is 175 Å². The maximum atomic E-state index is 15.0. The van der Waals surface area contributed by atoms with Crippen LogP contribution in [0.2, 0.25) is 0 Å². The monoisotopic (exact) mass is 1020 g/mol. The molecule has 0 fully saturated rings. The van der Waals surface area contributed by atoms with Gasteiger partial charge in [-0.25, -0.2) is 0 Å². The number of allylic oxidation sites excluding steroid dienone is 4. The summed E-state index contributed by atoms with van der Waals surface area (Å²) < 4.78 is 0. The van der Waals surface area contributed by atoms with Gasteiger partial charge in [0.2, 0.25) is 0 Å². The summed E-state index contributed by atoms with van der Waals surface area (Å²) in [5.74, 6) is -6.08. The zero-order valence-electron chi connectivity index (χ0n) is 40.4. The van der Waals surface area contributed by atoms with E-state index in [1.165, 1.54) is 108 Å². The Balaban J connectivity index is 1.14. The van der Waals surface area contributed by atoms with Crippen molar-refractivity contribution in [2.45, 2.75) is 59.2 Å². The van der Waals surface area contributed by atoms with Gasteiger partial charge in [-0.2, -0.15) is 0 Å². The molecule has 21 aromatic rings. The first-order valence-corrected chi connectivity index (χ1v) is 28.3. The van der Waals surface area contributed by atoms with Crippen LogP contribution in [0.25, 0.3) is 215 Å². The molecule has 11 aliphatic carbocycles. The number of benzene rings is 15. The SMILES string of the molecule is O=C(O)CC12C3=C4C5C6=C3C3(CC(=O)O)c7c1c1c8c2c2c9c%10c(c%11c%12c%13c(c%14c%15c%16c(c3c3c7c7c1c1c%17c8c9c8c9c%10c%12c%10c%12c%13c%15c%13c%15c%16c3c3c7c1c1c(c%178)c(c9%10)c(c%13%12)c1c3%15)C6%14CC(=O)O)C%115CC(=O)O)C42CC(=O)O. The van der Waals surface area contributed by atoms with Gasteiger partial charge in [0.25, 0.3) is 0 Å². The van der Waals surface area contributed by atoms with Crippen LogP contribution in [0.3, 0.4) is 0 Å². The van der Waals surface area contributed by atoms with Gasteiger partial charge in [-0.3, -0.25) is 24.0 Å². The summed E-state index contributed by atoms with van der Waals surface area (Å²) in [5, 5.41) is 107. The van der Waals surface area contributed by atoms with Crippen molar-refractivity contribution >= 4 is 245 Å². The predicted molar refractivity (Wildman–Crippen MR) is 301 cm³/mol. The highest BCUT2D eigenvalue weighted by Gasteiger charge is 2.82. The number of aliphatic carboxylic acids is 5. The Bertz CT molecular complexity index is 6960. The second-order valence-corrected chi connectivity index (χ2v) is 28.2. The van der Waals surface area contributed by atoms with Crippen molar-refractivity contribution in [2.24, 2.45) is 5.92 Å². The van der Waals surface area contributed by atoms with Gasteiger partial charge in [0, 0.05) is 11.3 Å². The maximum absolute atomic E-state index is 15.0. The molecule has 4 atom stereocenters. The molecule has 0 saturated carbocycles. The highest BCUT2D eigenvalue weighted by Crippen LogP contribution is 2.92. The molecule has 0 heterocycles. The summed E-state index contributed by atoms with van der Waals surface area (Å²) >= 11 is 0. The Morgan fingerprint density at radius 1 is 0.225 bits per heavy atom. The highest BCUT2D eigenvalue weighted by atomic mass is 16.4. The molecule has 4 unspecified atom stereocenters. The fraction of sp³-hybridized carbons (Fsp3) is 0.157. The number of rotatable bonds is 10. The third-order valence-corrected chi connectivity index (χ3v) is 27.5. The molecule has 0 spiro atoms. The smallest absolute Gasteiger partial charge is 0.304 e. The number of carboxylic acids is 5. The first-order valence-electron chi connectivity index (χ1n) is 28.3. The van der Waals surface area contributed by atoms with Crippen molar-refractivity contribution in [3.8, 4) is 0 Å². The van der Waals surface area contributed by atoms with E-state index in [2.05, 4.69) is 0 Å². The van der Waals surface area contributed by atoms with Crippen LogP contribution in [0.1, 0.15) is 87.7 Å². The average molecular weight is 1020 g/mol. The molecular formula is C70H16O10. The first kappa shape index (κ1) is 33.6. The Labute approximate surface area is 435 Å². The number of hydrogen-bond donors (Lipinski definition) is 5. The Kier molecular flexibility index (Phi) is 3.22. The van der Waals surface area contributed by atoms with E-state index in [9.17, 15) is 49.5 Å². The lowest BCUT2D eigenvalue weighted by Crippen LogP contribution is -2.57. The zero-order chi connectivity index (χ0) is 50.7. The van der Waals surface area contributed by atoms with Crippen molar-refractivity contribution in [3.63, 3.8) is 0 Å². The lowest BCUT2D eigenvalue weighted by molar-refractivity contribution is -0.140. The lowest BCUT2D eigenvalue weighted by atomic mass is 9.41. The van der Waals surface area contributed by atoms with Crippen LogP contribution in [-0.2, 0) is 51.0 Å². The summed E-state index contributed by atoms with van der Waals surface area (Å²) in [5.41, 5.74) is 4.28. The molecule has 10 nitrogen and oxygen atoms in total. The number of carboxylic acid groups (broad SMARTS) is 5. The van der Waals surface area contributed by atoms with Gasteiger partial charge in [0.15, 0.2) is 0 Å². The van der Waals surface area contributed by atoms with Gasteiger partial charge >= 0.3 is 29.8 Å². The molecule has 0 amide bonds. The third kappa shape index (κ3) is 1.89. The van der Waals surface area contributed by atoms with Crippen LogP contribution in [0, 0.1) is 5.92 Å². The Morgan fingerprint density at radius 3 is 0.600 bits per heavy atom. The fourth-order valence-electron chi connectivity index (χ4n) is 28.0. The average Bonchev–Trinajstić information content (AvgIpc) is 1.40. The quantitative estimate of drug-likeness (QED) is 0.0825. The minimum atomic E-state index is -1.48. The molecule has 0 aromatic heterocycles. The first-order chi connectivity index (χ1) is 38.9. The van der Waals surface area contributed by atoms with Crippen LogP contribution < -0.4 is 0 Å². The van der Waals surface area contributed by atoms with E-state index < -0.39 is 75.7 Å². The molecular weight excluding hydrogens is 1000 g/mol. The van der Waals surface area contributed by atoms with Gasteiger partial charge in [0.1, 0.15) is 0 Å². The summed E-state index contributed by atoms with van der Waals surface area (Å²) in [6.07, 6.45) is -1.92. The molecule has 0 saturated heterocycles. The molecule has 0 aliphatic heterocycles. The minimum Gasteiger partial charge on any atom is -0.481 e. The van der Waals surface area contributed by atoms with Gasteiger partial charge in [-0.1, -0.05) is 0 Å². The molecule has 0 bridgehead atoms. The van der Waals surface area contributed by atoms with Gasteiger partial charge in [0.05, 0.1) is 53.8 Å². The molecule has 356 valence electrons. The van der Waals surface area contributed by atoms with E-state index >= 15 is 0 Å². The Hall–Kier alpha value is -9.67. The standard InChI is InChI=1S/C70H16O10/c71-6(72)1-66-51-41-31-21-16-11-12-14-15-13(11)18-25-23(16)33(31)43-45-35(25)37-27(18)29-20(15)30-28-19(14)26-24-17(12)22(21)32-34(24)44-46-36(26)38(28)48-50-40(30)39(29)49-47(37)57-55(45)67(53(43)51,2-7(73)74)62-61(66)63-65-64(62)69(57,4-9(77)78)59(49)60(50)70(65,5-10(79)80)58(48)56(46)68(63,3-8(75)76)54(44)52(66)42(32)41/h61H,1-5H2,(H,71,72)(H,73,74)(H,75,76)(H,77,78)(H,79,80). The van der Waals surface area contributed by atoms with E-state index in [0.29, 0.717) is 11.1 Å². The van der Waals surface area contributed by atoms with Gasteiger partial charge in [-0.05, 0) is 293 Å². The maximum Gasteiger partial charge on any atom is 0.304 e. The normalized spacial score (nSPS) is 28.5. The van der Waals surface area contributed by atoms with Crippen molar-refractivity contribution in [2.75, 3.05) is 0 Å². The summed E-state index contributed by atoms with van der Waals surface area (Å²) in [4.78, 5) is 74.8. The predicted octanol–water partition coefficient (Wildman–Crippen LogP) is 13.3. The molecule has 0 radical (unpaired) electrons. The molecule has 80 heavy (non-hydrogen) atoms. The number of carbonyl (C=O) groups is 5. The Morgan fingerprint density at radius 2 is 0.388 bits per heavy atom. The molecule has 21 aromatic carbocycles. The molecule has 5 N–H and O–H groups in total. The largest absolute Gasteiger partial charge is 0.481 e. The molecule has 32 rings (SSSR count). The highest BCUT2D eigenvalue weighted by molar-refractivity contribution is 6.77. The summed E-state index contributed by atoms with van der Waals surface area (Å²) in [6.45, 7) is 0. The summed E-state index contributed by atoms with van der Waals surface area (Å²) in [6, 6.07) is 0. The molecule has 11 aliphatic rings. The zero-order valence-corrected chi connectivity index (χ0v) is 40.4. The van der Waals surface area contributed by atoms with Crippen molar-refractivity contribution in [3.05, 3.63) is 77.9 Å². The van der Waals surface area contributed by atoms with Crippen LogP contribution in [0.15, 0.2) is 22.3 Å². The second-order valence-electron chi connectivity index (χ2n) is 28.2. The minimum absolute atomic E-state index is 0.369. The van der Waals surface area contributed by atoms with Crippen LogP contribution in [0.5, 0.6) is 0 Å². The van der Waals surface area contributed by atoms with E-state index in [4.69, 9.17) is 0 Å².